The van der Waals surface area contributed by atoms with E-state index in [0.29, 0.717) is 0 Å². The first kappa shape index (κ1) is 56.1. The van der Waals surface area contributed by atoms with Crippen LogP contribution < -0.4 is 24.8 Å². The molecule has 4 heteroatoms. The van der Waals surface area contributed by atoms with Gasteiger partial charge in [-0.2, -0.15) is 91.0 Å². The monoisotopic (exact) mass is 792 g/mol. The largest absolute Gasteiger partial charge is 4.00 e. The van der Waals surface area contributed by atoms with Gasteiger partial charge in [-0.15, -0.1) is 0 Å². The van der Waals surface area contributed by atoms with Crippen LogP contribution in [0.4, 0.5) is 0 Å². The molecule has 0 unspecified atom stereocenters. The van der Waals surface area contributed by atoms with Crippen LogP contribution in [0.25, 0.3) is 0 Å². The molecule has 44 heavy (non-hydrogen) atoms. The fourth-order valence-corrected chi connectivity index (χ4v) is 4.74. The van der Waals surface area contributed by atoms with Gasteiger partial charge in [0.2, 0.25) is 0 Å². The maximum absolute atomic E-state index is 2.23. The molecule has 4 rings (SSSR count). The third-order valence-corrected chi connectivity index (χ3v) is 8.73. The van der Waals surface area contributed by atoms with Crippen molar-refractivity contribution in [2.45, 2.75) is 122 Å². The smallest absolute Gasteiger partial charge is 1.00 e. The number of aryl methyl sites for hydroxylation is 2. The van der Waals surface area contributed by atoms with Crippen LogP contribution in [0.15, 0.2) is 48.5 Å². The van der Waals surface area contributed by atoms with Gasteiger partial charge < -0.3 is 39.7 Å². The van der Waals surface area contributed by atoms with E-state index >= 15 is 0 Å². The van der Waals surface area contributed by atoms with Crippen molar-refractivity contribution in [3.63, 3.8) is 0 Å². The van der Waals surface area contributed by atoms with E-state index in [1.54, 1.807) is 0 Å². The van der Waals surface area contributed by atoms with Gasteiger partial charge in [0.05, 0.1) is 0 Å². The van der Waals surface area contributed by atoms with E-state index in [4.69, 9.17) is 0 Å². The predicted octanol–water partition coefficient (Wildman–Crippen LogP) is 6.29. The number of hydrogen-bond donors (Lipinski definition) is 0. The molecular formula is C40H62Cl2Zr2. The summed E-state index contributed by atoms with van der Waals surface area (Å²) in [5, 5.41) is 0. The summed E-state index contributed by atoms with van der Waals surface area (Å²) in [6, 6.07) is 17.2. The van der Waals surface area contributed by atoms with Crippen molar-refractivity contribution in [2.75, 3.05) is 0 Å². The summed E-state index contributed by atoms with van der Waals surface area (Å²) in [7, 11) is 0. The summed E-state index contributed by atoms with van der Waals surface area (Å²) < 4.78 is 0. The zero-order valence-electron chi connectivity index (χ0n) is 30.6. The van der Waals surface area contributed by atoms with E-state index in [9.17, 15) is 0 Å². The van der Waals surface area contributed by atoms with Gasteiger partial charge in [0.1, 0.15) is 0 Å². The molecule has 0 aliphatic heterocycles. The van der Waals surface area contributed by atoms with Crippen LogP contribution in [0.2, 0.25) is 0 Å². The molecule has 0 atom stereocenters. The first-order chi connectivity index (χ1) is 18.0. The Hall–Kier alpha value is -0.254. The molecule has 0 bridgehead atoms. The van der Waals surface area contributed by atoms with Crippen molar-refractivity contribution in [3.8, 4) is 0 Å². The molecule has 0 N–H and O–H groups in total. The molecule has 0 heterocycles. The normalized spacial score (nSPS) is 8.82. The first-order valence-electron chi connectivity index (χ1n) is 14.8. The summed E-state index contributed by atoms with van der Waals surface area (Å²) >= 11 is 0. The van der Waals surface area contributed by atoms with Gasteiger partial charge in [0.15, 0.2) is 0 Å². The van der Waals surface area contributed by atoms with Crippen LogP contribution in [-0.4, -0.2) is 0 Å². The quantitative estimate of drug-likeness (QED) is 0.202. The second-order valence-corrected chi connectivity index (χ2v) is 11.0. The summed E-state index contributed by atoms with van der Waals surface area (Å²) in [6.45, 7) is 26.4. The average molecular weight is 796 g/mol. The first-order valence-corrected chi connectivity index (χ1v) is 14.8. The Balaban J connectivity index is -0.000000105. The number of hydrogen-bond acceptors (Lipinski definition) is 0. The second-order valence-electron chi connectivity index (χ2n) is 11.0. The Morgan fingerprint density at radius 3 is 0.795 bits per heavy atom. The van der Waals surface area contributed by atoms with Crippen molar-refractivity contribution in [1.29, 1.82) is 0 Å². The van der Waals surface area contributed by atoms with Gasteiger partial charge in [-0.3, -0.25) is 0 Å². The Morgan fingerprint density at radius 2 is 0.659 bits per heavy atom. The minimum Gasteiger partial charge on any atom is -1.00 e. The zero-order valence-corrected chi connectivity index (χ0v) is 37.0. The van der Waals surface area contributed by atoms with E-state index in [0.717, 1.165) is 0 Å². The van der Waals surface area contributed by atoms with Crippen molar-refractivity contribution in [3.05, 3.63) is 130 Å². The van der Waals surface area contributed by atoms with Crippen molar-refractivity contribution < 1.29 is 77.2 Å². The van der Waals surface area contributed by atoms with E-state index in [2.05, 4.69) is 132 Å². The fourth-order valence-electron chi connectivity index (χ4n) is 4.74. The maximum Gasteiger partial charge on any atom is 4.00 e. The zero-order chi connectivity index (χ0) is 28.8. The van der Waals surface area contributed by atoms with Crippen LogP contribution in [-0.2, 0) is 65.2 Å². The Kier molecular flexibility index (Phi) is 38.4. The Labute approximate surface area is 326 Å². The summed E-state index contributed by atoms with van der Waals surface area (Å²) in [5.74, 6) is 0. The summed E-state index contributed by atoms with van der Waals surface area (Å²) in [4.78, 5) is 0. The van der Waals surface area contributed by atoms with Crippen molar-refractivity contribution >= 4 is 0 Å². The van der Waals surface area contributed by atoms with Gasteiger partial charge >= 0.3 is 52.4 Å². The molecule has 0 saturated carbocycles. The molecule has 0 aliphatic carbocycles. The molecule has 4 aromatic carbocycles. The molecule has 0 radical (unpaired) electrons. The van der Waals surface area contributed by atoms with Crippen LogP contribution in [0, 0.1) is 84.1 Å². The summed E-state index contributed by atoms with van der Waals surface area (Å²) in [6.07, 6.45) is 7.75. The van der Waals surface area contributed by atoms with Crippen LogP contribution in [0.3, 0.4) is 0 Å². The molecule has 0 nitrogen and oxygen atoms in total. The van der Waals surface area contributed by atoms with E-state index in [1.807, 2.05) is 0 Å². The maximum atomic E-state index is 2.23. The van der Waals surface area contributed by atoms with Crippen LogP contribution in [0.1, 0.15) is 106 Å². The fraction of sp³-hybridized carbons (Fsp3) is 0.450. The van der Waals surface area contributed by atoms with Crippen molar-refractivity contribution in [1.82, 2.24) is 0 Å². The van der Waals surface area contributed by atoms with Gasteiger partial charge in [-0.05, 0) is 0 Å². The third-order valence-electron chi connectivity index (χ3n) is 8.73. The second kappa shape index (κ2) is 30.1. The van der Waals surface area contributed by atoms with Gasteiger partial charge in [-0.1, -0.05) is 122 Å². The predicted molar refractivity (Wildman–Crippen MR) is 186 cm³/mol. The number of unbranched alkanes of at least 4 members (excludes halogenated alkanes) is 2. The third kappa shape index (κ3) is 18.2. The average Bonchev–Trinajstić information content (AvgIpc) is 3.71. The number of halogens is 2. The Bertz CT molecular complexity index is 918. The van der Waals surface area contributed by atoms with Gasteiger partial charge in [0.25, 0.3) is 0 Å². The molecule has 0 amide bonds. The molecule has 0 aromatic heterocycles. The SMILES string of the molecule is CCCC[c-]1cccc1.CCCC[c-]1cccc1.Cc1c(C)c(C)[c-](C)c1C.Cc1c(C)c(C)[c-](C)c1C.[CH3-].[CH3-].[Cl-].[Cl-].[Zr+4].[Zr+4]. The molecule has 4 aromatic rings. The van der Waals surface area contributed by atoms with E-state index in [1.165, 1.54) is 105 Å². The standard InChI is InChI=1S/2C10H15.2C9H13.2CH3.2ClH.2Zr/c2*1-6-7(2)9(4)10(5)8(6)3;2*1-2-3-6-9-7-4-5-8-9;;;;;;/h2*1-5H3;2*4-5,7-8H,2-3,6H2,1H3;2*1H3;2*1H;;/q6*-1;;;2*+4/p-2. The molecule has 244 valence electrons. The van der Waals surface area contributed by atoms with Gasteiger partial charge in [0, 0.05) is 0 Å². The minimum absolute atomic E-state index is 0. The summed E-state index contributed by atoms with van der Waals surface area (Å²) in [5.41, 5.74) is 17.6. The molecule has 0 saturated heterocycles. The molecular weight excluding hydrogens is 734 g/mol. The topological polar surface area (TPSA) is 0 Å². The van der Waals surface area contributed by atoms with Gasteiger partial charge in [-0.25, -0.2) is 24.3 Å². The molecule has 0 spiro atoms. The minimum atomic E-state index is 0. The molecule has 0 aliphatic rings. The van der Waals surface area contributed by atoms with Crippen LogP contribution >= 0.6 is 0 Å². The van der Waals surface area contributed by atoms with Crippen LogP contribution in [0.5, 0.6) is 0 Å². The number of rotatable bonds is 6. The molecule has 0 fully saturated rings. The van der Waals surface area contributed by atoms with E-state index < -0.39 is 0 Å². The van der Waals surface area contributed by atoms with Crippen molar-refractivity contribution in [2.24, 2.45) is 0 Å². The Morgan fingerprint density at radius 1 is 0.455 bits per heavy atom. The van der Waals surface area contributed by atoms with E-state index in [-0.39, 0.29) is 92.1 Å².